The number of hydrogen-bond donors (Lipinski definition) is 0. The summed E-state index contributed by atoms with van der Waals surface area (Å²) in [6.07, 6.45) is 7.66. The van der Waals surface area contributed by atoms with E-state index in [1.54, 1.807) is 5.57 Å². The monoisotopic (exact) mass is 796 g/mol. The molecular formula is C59H44N2O. The summed E-state index contributed by atoms with van der Waals surface area (Å²) in [6, 6.07) is 61.5. The minimum atomic E-state index is -0.0461. The van der Waals surface area contributed by atoms with E-state index in [0.29, 0.717) is 0 Å². The molecule has 0 bridgehead atoms. The topological polar surface area (TPSA) is 22.5 Å². The number of benzene rings is 8. The first-order valence-electron chi connectivity index (χ1n) is 22.7. The van der Waals surface area contributed by atoms with Crippen LogP contribution in [0.2, 0.25) is 0 Å². The second-order valence-corrected chi connectivity index (χ2v) is 17.9. The average Bonchev–Trinajstić information content (AvgIpc) is 4.03. The second-order valence-electron chi connectivity index (χ2n) is 17.9. The van der Waals surface area contributed by atoms with E-state index in [9.17, 15) is 0 Å². The summed E-state index contributed by atoms with van der Waals surface area (Å²) < 4.78 is 12.5. The summed E-state index contributed by atoms with van der Waals surface area (Å²) in [6.45, 7) is 2.43. The van der Waals surface area contributed by atoms with Crippen molar-refractivity contribution in [3.05, 3.63) is 198 Å². The first-order valence-corrected chi connectivity index (χ1v) is 22.7. The van der Waals surface area contributed by atoms with Crippen LogP contribution in [0.25, 0.3) is 92.8 Å². The molecule has 3 nitrogen and oxygen atoms in total. The Balaban J connectivity index is 1.10. The van der Waals surface area contributed by atoms with Gasteiger partial charge in [-0.2, -0.15) is 0 Å². The largest absolute Gasteiger partial charge is 0.459 e. The summed E-state index contributed by atoms with van der Waals surface area (Å²) in [7, 11) is 0. The number of para-hydroxylation sites is 4. The summed E-state index contributed by atoms with van der Waals surface area (Å²) in [4.78, 5) is 0. The molecule has 3 heteroatoms. The van der Waals surface area contributed by atoms with Gasteiger partial charge in [-0.25, -0.2) is 0 Å². The predicted octanol–water partition coefficient (Wildman–Crippen LogP) is 15.7. The summed E-state index contributed by atoms with van der Waals surface area (Å²) in [5.41, 5.74) is 16.1. The van der Waals surface area contributed by atoms with E-state index in [2.05, 4.69) is 186 Å². The van der Waals surface area contributed by atoms with Crippen LogP contribution in [0.4, 0.5) is 0 Å². The first kappa shape index (κ1) is 34.6. The molecule has 4 aromatic heterocycles. The van der Waals surface area contributed by atoms with Crippen LogP contribution in [-0.4, -0.2) is 8.97 Å². The zero-order chi connectivity index (χ0) is 40.6. The summed E-state index contributed by atoms with van der Waals surface area (Å²) in [5.74, 6) is 1.49. The van der Waals surface area contributed by atoms with E-state index in [1.165, 1.54) is 104 Å². The maximum atomic E-state index is 7.25. The van der Waals surface area contributed by atoms with Crippen LogP contribution in [0.3, 0.4) is 0 Å². The molecule has 0 fully saturated rings. The molecule has 2 aliphatic carbocycles. The Labute approximate surface area is 359 Å². The van der Waals surface area contributed by atoms with Crippen LogP contribution < -0.4 is 0 Å². The zero-order valence-electron chi connectivity index (χ0n) is 34.7. The average molecular weight is 797 g/mol. The van der Waals surface area contributed by atoms with E-state index >= 15 is 0 Å². The number of allylic oxidation sites excluding steroid dienone is 2. The van der Waals surface area contributed by atoms with Crippen LogP contribution in [0.1, 0.15) is 60.6 Å². The third-order valence-electron chi connectivity index (χ3n) is 15.1. The fourth-order valence-corrected chi connectivity index (χ4v) is 12.6. The highest BCUT2D eigenvalue weighted by Crippen LogP contribution is 2.55. The Morgan fingerprint density at radius 2 is 1.24 bits per heavy atom. The molecule has 3 unspecified atom stereocenters. The van der Waals surface area contributed by atoms with Gasteiger partial charge >= 0.3 is 0 Å². The number of rotatable bonds is 3. The number of furan rings is 1. The van der Waals surface area contributed by atoms with Crippen molar-refractivity contribution >= 4 is 81.6 Å². The van der Waals surface area contributed by atoms with Crippen LogP contribution in [0, 0.1) is 5.92 Å². The number of aromatic nitrogens is 2. The predicted molar refractivity (Wildman–Crippen MR) is 259 cm³/mol. The lowest BCUT2D eigenvalue weighted by molar-refractivity contribution is 0.347. The van der Waals surface area contributed by atoms with Crippen molar-refractivity contribution in [1.82, 2.24) is 8.97 Å². The van der Waals surface area contributed by atoms with E-state index in [1.807, 2.05) is 0 Å². The van der Waals surface area contributed by atoms with Gasteiger partial charge in [0, 0.05) is 71.5 Å². The third kappa shape index (κ3) is 4.55. The number of aryl methyl sites for hydroxylation is 2. The van der Waals surface area contributed by atoms with Crippen LogP contribution in [0.5, 0.6) is 0 Å². The van der Waals surface area contributed by atoms with Gasteiger partial charge in [0.2, 0.25) is 0 Å². The van der Waals surface area contributed by atoms with Crippen molar-refractivity contribution in [2.24, 2.45) is 5.92 Å². The van der Waals surface area contributed by atoms with Gasteiger partial charge in [0.1, 0.15) is 11.3 Å². The quantitative estimate of drug-likeness (QED) is 0.163. The van der Waals surface area contributed by atoms with Crippen molar-refractivity contribution in [3.63, 3.8) is 0 Å². The van der Waals surface area contributed by atoms with Crippen LogP contribution in [0.15, 0.2) is 180 Å². The van der Waals surface area contributed by atoms with Gasteiger partial charge in [-0.05, 0) is 90.1 Å². The minimum Gasteiger partial charge on any atom is -0.459 e. The zero-order valence-corrected chi connectivity index (χ0v) is 34.7. The van der Waals surface area contributed by atoms with Gasteiger partial charge in [0.05, 0.1) is 22.6 Å². The molecule has 0 saturated carbocycles. The Hall–Kier alpha value is -7.10. The lowest BCUT2D eigenvalue weighted by Crippen LogP contribution is -2.26. The van der Waals surface area contributed by atoms with E-state index in [0.717, 1.165) is 43.4 Å². The van der Waals surface area contributed by atoms with E-state index < -0.39 is 0 Å². The minimum absolute atomic E-state index is 0.0461. The van der Waals surface area contributed by atoms with Gasteiger partial charge in [-0.3, -0.25) is 0 Å². The van der Waals surface area contributed by atoms with E-state index in [-0.39, 0.29) is 17.9 Å². The summed E-state index contributed by atoms with van der Waals surface area (Å²) in [5, 5.41) is 11.9. The Kier molecular flexibility index (Phi) is 7.23. The van der Waals surface area contributed by atoms with Crippen molar-refractivity contribution < 1.29 is 4.42 Å². The van der Waals surface area contributed by atoms with Crippen molar-refractivity contribution in [3.8, 4) is 11.1 Å². The van der Waals surface area contributed by atoms with E-state index in [4.69, 9.17) is 4.42 Å². The molecule has 0 N–H and O–H groups in total. The smallest absolute Gasteiger partial charge is 0.134 e. The van der Waals surface area contributed by atoms with Gasteiger partial charge in [0.25, 0.3) is 0 Å². The molecular weight excluding hydrogens is 753 g/mol. The SMILES string of the molecule is CCC1/C(C2CCc3ccccc3-c3cc4c5ccc6ccccc6c5n5c6ccccc6c(c32)c45)=C\CCc2c(oc3ccccc23)C1n1c2ccccc2c2ccccc21. The van der Waals surface area contributed by atoms with Gasteiger partial charge in [-0.1, -0.05) is 152 Å². The molecule has 0 saturated heterocycles. The van der Waals surface area contributed by atoms with Crippen LogP contribution >= 0.6 is 0 Å². The number of hydrogen-bond acceptors (Lipinski definition) is 1. The standard InChI is InChI=1S/C59H44N2O/c1-2-37-40(24-15-25-46-43-22-10-14-29-53(43)62-59(46)58(37)60-50-26-11-7-20-41(50)42-21-8-12-27-51(42)60)44-32-30-35-16-3-5-18-38(35)48-34-49-45-33-31-36-17-4-6-19-39(36)56(45)61-52-28-13-9-23-47(52)55(54(44)48)57(49)61/h3-14,16-24,26-29,31,33-34,37,44,58H,2,15,25,30,32H2,1H3/b40-24+. The normalized spacial score (nSPS) is 19.0. The maximum absolute atomic E-state index is 7.25. The number of fused-ring (bicyclic) bond motifs is 18. The number of nitrogens with zero attached hydrogens (tertiary/aromatic N) is 2. The Morgan fingerprint density at radius 1 is 0.565 bits per heavy atom. The highest BCUT2D eigenvalue weighted by atomic mass is 16.3. The first-order chi connectivity index (χ1) is 30.8. The maximum Gasteiger partial charge on any atom is 0.134 e. The molecule has 296 valence electrons. The molecule has 3 atom stereocenters. The molecule has 4 heterocycles. The molecule has 0 spiro atoms. The molecule has 0 aliphatic heterocycles. The fraction of sp³-hybridized carbons (Fsp3) is 0.153. The third-order valence-corrected chi connectivity index (χ3v) is 15.1. The molecule has 2 aliphatic rings. The van der Waals surface area contributed by atoms with Gasteiger partial charge < -0.3 is 13.4 Å². The fourth-order valence-electron chi connectivity index (χ4n) is 12.6. The van der Waals surface area contributed by atoms with Crippen LogP contribution in [-0.2, 0) is 12.8 Å². The lowest BCUT2D eigenvalue weighted by atomic mass is 9.72. The van der Waals surface area contributed by atoms with Gasteiger partial charge in [-0.15, -0.1) is 0 Å². The Morgan fingerprint density at radius 3 is 2.05 bits per heavy atom. The highest BCUT2D eigenvalue weighted by molar-refractivity contribution is 6.29. The molecule has 14 rings (SSSR count). The second kappa shape index (κ2) is 13.0. The summed E-state index contributed by atoms with van der Waals surface area (Å²) >= 11 is 0. The molecule has 0 amide bonds. The van der Waals surface area contributed by atoms with Crippen molar-refractivity contribution in [2.45, 2.75) is 51.0 Å². The van der Waals surface area contributed by atoms with Gasteiger partial charge in [0.15, 0.2) is 0 Å². The molecule has 8 aromatic carbocycles. The molecule has 12 aromatic rings. The molecule has 62 heavy (non-hydrogen) atoms. The Bertz CT molecular complexity index is 3780. The highest BCUT2D eigenvalue weighted by Gasteiger charge is 2.40. The van der Waals surface area contributed by atoms with Crippen molar-refractivity contribution in [1.29, 1.82) is 0 Å². The lowest BCUT2D eigenvalue weighted by Gasteiger charge is -2.36. The molecule has 0 radical (unpaired) electrons. The van der Waals surface area contributed by atoms with Crippen molar-refractivity contribution in [2.75, 3.05) is 0 Å².